The molecule has 0 aliphatic heterocycles. The zero-order valence-corrected chi connectivity index (χ0v) is 6.42. The summed E-state index contributed by atoms with van der Waals surface area (Å²) in [5, 5.41) is 0. The van der Waals surface area contributed by atoms with Crippen molar-refractivity contribution in [1.29, 1.82) is 0 Å². The molecule has 0 rings (SSSR count). The Hall–Kier alpha value is 2.02. The third-order valence-corrected chi connectivity index (χ3v) is 0. The van der Waals surface area contributed by atoms with E-state index in [4.69, 9.17) is 0 Å². The normalized spacial score (nSPS) is 0. The molecule has 0 aromatic heterocycles. The monoisotopic (exact) mass is 172 g/mol. The fourth-order valence-electron chi connectivity index (χ4n) is 0. The average molecular weight is 173 g/mol. The molecule has 0 atom stereocenters. The topological polar surface area (TPSA) is 0 Å². The van der Waals surface area contributed by atoms with Crippen LogP contribution in [0.25, 0.3) is 0 Å². The van der Waals surface area contributed by atoms with Gasteiger partial charge in [0.15, 0.2) is 0 Å². The largest absolute Gasteiger partial charge is 2.00 e. The van der Waals surface area contributed by atoms with Crippen molar-refractivity contribution in [3.05, 3.63) is 0 Å². The van der Waals surface area contributed by atoms with Gasteiger partial charge in [-0.25, -0.2) is 0 Å². The average Bonchev–Trinajstić information content (AvgIpc) is 0. The molecular weight excluding hydrogens is 171 g/mol. The molecule has 4 heteroatoms. The second-order valence-electron chi connectivity index (χ2n) is 0. The van der Waals surface area contributed by atoms with Gasteiger partial charge in [-0.05, 0) is 0 Å². The zero-order chi connectivity index (χ0) is 0. The first-order valence-electron chi connectivity index (χ1n) is 0. The number of rotatable bonds is 0. The molecule has 0 spiro atoms. The van der Waals surface area contributed by atoms with Gasteiger partial charge >= 0.3 is 23.1 Å². The predicted molar refractivity (Wildman–Crippen MR) is 13.7 cm³/mol. The maximum absolute atomic E-state index is 0. The Morgan fingerprint density at radius 1 is 1.25 bits per heavy atom. The Morgan fingerprint density at radius 2 is 1.25 bits per heavy atom. The van der Waals surface area contributed by atoms with E-state index in [2.05, 4.69) is 0 Å². The molecule has 6 radical (unpaired) electrons. The van der Waals surface area contributed by atoms with Crippen LogP contribution in [0.3, 0.4) is 0 Å². The van der Waals surface area contributed by atoms with Crippen LogP contribution in [0.15, 0.2) is 0 Å². The summed E-state index contributed by atoms with van der Waals surface area (Å²) in [7, 11) is 0. The van der Waals surface area contributed by atoms with Crippen LogP contribution in [0.1, 0.15) is 2.85 Å². The molecular formula is H2CuMgMnSi. The van der Waals surface area contributed by atoms with E-state index >= 15 is 0 Å². The molecule has 0 aliphatic carbocycles. The van der Waals surface area contributed by atoms with Crippen LogP contribution in [0.2, 0.25) is 0 Å². The first-order valence-corrected chi connectivity index (χ1v) is 0. The molecule has 0 N–H and O–H groups in total. The van der Waals surface area contributed by atoms with E-state index in [-0.39, 0.29) is 71.0 Å². The minimum Gasteiger partial charge on any atom is -1.00 e. The van der Waals surface area contributed by atoms with Crippen molar-refractivity contribution in [3.8, 4) is 0 Å². The summed E-state index contributed by atoms with van der Waals surface area (Å²) < 4.78 is 0. The van der Waals surface area contributed by atoms with Crippen molar-refractivity contribution < 1.29 is 37.0 Å². The smallest absolute Gasteiger partial charge is 1.00 e. The number of hydrogen-bond acceptors (Lipinski definition) is 0. The van der Waals surface area contributed by atoms with Crippen LogP contribution in [0.5, 0.6) is 0 Å². The summed E-state index contributed by atoms with van der Waals surface area (Å²) >= 11 is 0. The molecule has 0 saturated heterocycles. The maximum Gasteiger partial charge on any atom is 2.00 e. The molecule has 26 valence electrons. The predicted octanol–water partition coefficient (Wildman–Crippen LogP) is -0.542. The third kappa shape index (κ3) is 8.98. The SMILES string of the molecule is [Cu].[H-].[H-].[Mg+2].[Mn].[Si]. The van der Waals surface area contributed by atoms with Gasteiger partial charge in [0.25, 0.3) is 0 Å². The summed E-state index contributed by atoms with van der Waals surface area (Å²) in [5.74, 6) is 0. The second-order valence-corrected chi connectivity index (χ2v) is 0. The van der Waals surface area contributed by atoms with Crippen molar-refractivity contribution in [2.24, 2.45) is 0 Å². The fraction of sp³-hybridized carbons (Fsp3) is 0. The van der Waals surface area contributed by atoms with Crippen LogP contribution >= 0.6 is 0 Å². The Morgan fingerprint density at radius 3 is 1.25 bits per heavy atom. The Balaban J connectivity index is 0. The molecule has 4 heavy (non-hydrogen) atoms. The standard InChI is InChI=1S/Cu.Mg.Mn.Si.2H/q;+2;;;2*-1. The van der Waals surface area contributed by atoms with E-state index in [1.807, 2.05) is 0 Å². The molecule has 0 aromatic carbocycles. The molecule has 0 bridgehead atoms. The van der Waals surface area contributed by atoms with Gasteiger partial charge < -0.3 is 2.85 Å². The van der Waals surface area contributed by atoms with E-state index in [0.29, 0.717) is 0 Å². The zero-order valence-electron chi connectivity index (χ0n) is 3.89. The van der Waals surface area contributed by atoms with Gasteiger partial charge in [-0.1, -0.05) is 0 Å². The van der Waals surface area contributed by atoms with Gasteiger partial charge in [-0.2, -0.15) is 0 Å². The summed E-state index contributed by atoms with van der Waals surface area (Å²) in [4.78, 5) is 0. The Kier molecular flexibility index (Phi) is 185. The van der Waals surface area contributed by atoms with E-state index < -0.39 is 0 Å². The van der Waals surface area contributed by atoms with E-state index in [1.54, 1.807) is 0 Å². The summed E-state index contributed by atoms with van der Waals surface area (Å²) in [5.41, 5.74) is 0. The number of hydrogen-bond donors (Lipinski definition) is 0. The first kappa shape index (κ1) is 37.1. The van der Waals surface area contributed by atoms with E-state index in [9.17, 15) is 0 Å². The van der Waals surface area contributed by atoms with E-state index in [1.165, 1.54) is 0 Å². The second kappa shape index (κ2) is 19.9. The molecule has 0 fully saturated rings. The molecule has 0 saturated carbocycles. The summed E-state index contributed by atoms with van der Waals surface area (Å²) in [6.45, 7) is 0. The molecule has 0 heterocycles. The minimum atomic E-state index is 0. The van der Waals surface area contributed by atoms with Gasteiger partial charge in [0.2, 0.25) is 0 Å². The maximum atomic E-state index is 0. The van der Waals surface area contributed by atoms with Crippen molar-refractivity contribution in [1.82, 2.24) is 0 Å². The van der Waals surface area contributed by atoms with Crippen molar-refractivity contribution in [2.75, 3.05) is 0 Å². The van der Waals surface area contributed by atoms with Gasteiger partial charge in [0, 0.05) is 45.1 Å². The van der Waals surface area contributed by atoms with Gasteiger partial charge in [0.1, 0.15) is 0 Å². The quantitative estimate of drug-likeness (QED) is 0.431. The fourth-order valence-corrected chi connectivity index (χ4v) is 0. The minimum absolute atomic E-state index is 0. The van der Waals surface area contributed by atoms with Crippen LogP contribution in [0, 0.1) is 0 Å². The molecule has 0 nitrogen and oxygen atoms in total. The van der Waals surface area contributed by atoms with Crippen LogP contribution < -0.4 is 0 Å². The van der Waals surface area contributed by atoms with Gasteiger partial charge in [0.05, 0.1) is 0 Å². The van der Waals surface area contributed by atoms with Crippen LogP contribution in [0.4, 0.5) is 0 Å². The van der Waals surface area contributed by atoms with Crippen molar-refractivity contribution >= 4 is 34.0 Å². The first-order chi connectivity index (χ1) is 0. The van der Waals surface area contributed by atoms with E-state index in [0.717, 1.165) is 0 Å². The molecule has 0 aromatic rings. The van der Waals surface area contributed by atoms with Crippen LogP contribution in [-0.4, -0.2) is 34.0 Å². The third-order valence-electron chi connectivity index (χ3n) is 0. The van der Waals surface area contributed by atoms with Gasteiger partial charge in [-0.3, -0.25) is 0 Å². The summed E-state index contributed by atoms with van der Waals surface area (Å²) in [6, 6.07) is 0. The molecule has 0 amide bonds. The van der Waals surface area contributed by atoms with Gasteiger partial charge in [-0.15, -0.1) is 0 Å². The summed E-state index contributed by atoms with van der Waals surface area (Å²) in [6.07, 6.45) is 0. The van der Waals surface area contributed by atoms with Crippen molar-refractivity contribution in [2.45, 2.75) is 0 Å². The molecule has 0 aliphatic rings. The van der Waals surface area contributed by atoms with Crippen molar-refractivity contribution in [3.63, 3.8) is 0 Å². The Bertz CT molecular complexity index is 13.5. The Labute approximate surface area is 70.6 Å². The molecule has 0 unspecified atom stereocenters. The van der Waals surface area contributed by atoms with Crippen LogP contribution in [-0.2, 0) is 34.1 Å².